The van der Waals surface area contributed by atoms with Crippen molar-refractivity contribution in [2.45, 2.75) is 95.9 Å². The van der Waals surface area contributed by atoms with E-state index in [2.05, 4.69) is 39.6 Å². The lowest BCUT2D eigenvalue weighted by Crippen LogP contribution is -2.42. The van der Waals surface area contributed by atoms with Gasteiger partial charge in [0.25, 0.3) is 0 Å². The zero-order chi connectivity index (χ0) is 25.4. The molecular weight excluding hydrogens is 454 g/mol. The minimum Gasteiger partial charge on any atom is -0.446 e. The summed E-state index contributed by atoms with van der Waals surface area (Å²) in [7, 11) is -2.16. The number of Topliss-reactive ketones (excluding diaryl/α,β-unsaturated/α-hetero) is 1. The summed E-state index contributed by atoms with van der Waals surface area (Å²) in [6, 6.07) is 9.18. The van der Waals surface area contributed by atoms with Crippen LogP contribution in [0.25, 0.3) is 0 Å². The minimum atomic E-state index is -2.16. The number of benzene rings is 1. The number of ketones is 1. The van der Waals surface area contributed by atoms with Gasteiger partial charge in [-0.1, -0.05) is 102 Å². The van der Waals surface area contributed by atoms with E-state index in [1.807, 2.05) is 30.3 Å². The van der Waals surface area contributed by atoms with Gasteiger partial charge in [-0.3, -0.25) is 9.59 Å². The molecule has 1 saturated carbocycles. The molecule has 4 rings (SSSR count). The summed E-state index contributed by atoms with van der Waals surface area (Å²) >= 11 is 0. The molecule has 1 heterocycles. The van der Waals surface area contributed by atoms with Gasteiger partial charge in [0, 0.05) is 10.5 Å². The molecule has 1 aromatic carbocycles. The highest BCUT2D eigenvalue weighted by Gasteiger charge is 2.87. The maximum Gasteiger partial charge on any atom is 0.417 e. The highest BCUT2D eigenvalue weighted by atomic mass is 28.3. The normalized spacial score (nSPS) is 29.7. The first-order valence-corrected chi connectivity index (χ1v) is 17.0. The maximum atomic E-state index is 14.3. The number of imide groups is 1. The molecule has 3 aliphatic rings. The number of cyclic esters (lactones) is 1. The standard InChI is InChI=1S/C29H41NO4Si/c1-6-8-10-14-18-28-19-22(15-9-7-2)25(31)29(28,35(3,4)5)24(28)26(32)30-23(20-34-27(30)33)21-16-12-11-13-17-21/h11-13,16-17,19,23-24H,6-10,14-15,18,20H2,1-5H3/t23-,24-,28-,29+/m1/s1. The summed E-state index contributed by atoms with van der Waals surface area (Å²) < 4.78 is 5.40. The number of unbranched alkanes of at least 4 members (excludes halogenated alkanes) is 4. The molecule has 2 fully saturated rings. The number of ether oxygens (including phenoxy) is 1. The van der Waals surface area contributed by atoms with E-state index in [4.69, 9.17) is 4.74 Å². The van der Waals surface area contributed by atoms with Gasteiger partial charge in [-0.2, -0.15) is 0 Å². The van der Waals surface area contributed by atoms with E-state index in [0.717, 1.165) is 62.5 Å². The second-order valence-electron chi connectivity index (χ2n) is 11.7. The largest absolute Gasteiger partial charge is 0.446 e. The van der Waals surface area contributed by atoms with Gasteiger partial charge in [0.15, 0.2) is 5.78 Å². The molecule has 1 aliphatic heterocycles. The van der Waals surface area contributed by atoms with Crippen molar-refractivity contribution < 1.29 is 19.1 Å². The Balaban J connectivity index is 1.74. The van der Waals surface area contributed by atoms with Crippen molar-refractivity contribution in [3.63, 3.8) is 0 Å². The molecule has 1 saturated heterocycles. The molecule has 0 unspecified atom stereocenters. The summed E-state index contributed by atoms with van der Waals surface area (Å²) in [5.74, 6) is -0.473. The zero-order valence-corrected chi connectivity index (χ0v) is 23.1. The van der Waals surface area contributed by atoms with E-state index in [9.17, 15) is 14.4 Å². The van der Waals surface area contributed by atoms with Crippen molar-refractivity contribution in [2.75, 3.05) is 6.61 Å². The van der Waals surface area contributed by atoms with Gasteiger partial charge in [0.1, 0.15) is 12.6 Å². The summed E-state index contributed by atoms with van der Waals surface area (Å²) in [5.41, 5.74) is 1.37. The predicted molar refractivity (Wildman–Crippen MR) is 141 cm³/mol. The number of hydrogen-bond acceptors (Lipinski definition) is 4. The molecule has 0 aromatic heterocycles. The average molecular weight is 496 g/mol. The number of nitrogens with zero attached hydrogens (tertiary/aromatic N) is 1. The molecule has 2 aliphatic carbocycles. The lowest BCUT2D eigenvalue weighted by atomic mass is 9.93. The molecule has 35 heavy (non-hydrogen) atoms. The smallest absolute Gasteiger partial charge is 0.417 e. The van der Waals surface area contributed by atoms with Gasteiger partial charge < -0.3 is 4.74 Å². The first kappa shape index (κ1) is 25.9. The van der Waals surface area contributed by atoms with E-state index in [1.165, 1.54) is 4.90 Å². The van der Waals surface area contributed by atoms with Crippen LogP contribution in [0.5, 0.6) is 0 Å². The summed E-state index contributed by atoms with van der Waals surface area (Å²) in [6.07, 6.45) is 9.68. The Labute approximate surface area is 211 Å². The Morgan fingerprint density at radius 2 is 1.71 bits per heavy atom. The summed E-state index contributed by atoms with van der Waals surface area (Å²) in [5, 5.41) is -0.656. The number of carbonyl (C=O) groups is 3. The van der Waals surface area contributed by atoms with Crippen molar-refractivity contribution >= 4 is 25.9 Å². The Morgan fingerprint density at radius 1 is 1.03 bits per heavy atom. The number of hydrogen-bond donors (Lipinski definition) is 0. The minimum absolute atomic E-state index is 0.163. The van der Waals surface area contributed by atoms with Crippen molar-refractivity contribution in [1.82, 2.24) is 4.90 Å². The third kappa shape index (κ3) is 3.92. The van der Waals surface area contributed by atoms with Crippen molar-refractivity contribution in [3.05, 3.63) is 47.5 Å². The Hall–Kier alpha value is -2.21. The molecule has 0 radical (unpaired) electrons. The van der Waals surface area contributed by atoms with E-state index < -0.39 is 36.6 Å². The molecule has 0 N–H and O–H groups in total. The highest BCUT2D eigenvalue weighted by molar-refractivity contribution is 6.85. The van der Waals surface area contributed by atoms with Crippen LogP contribution in [0.3, 0.4) is 0 Å². The quantitative estimate of drug-likeness (QED) is 0.243. The Morgan fingerprint density at radius 3 is 2.34 bits per heavy atom. The number of allylic oxidation sites excluding steroid dienone is 2. The van der Waals surface area contributed by atoms with Gasteiger partial charge in [0.2, 0.25) is 5.91 Å². The molecule has 190 valence electrons. The van der Waals surface area contributed by atoms with Crippen molar-refractivity contribution in [1.29, 1.82) is 0 Å². The summed E-state index contributed by atoms with van der Waals surface area (Å²) in [4.78, 5) is 42.7. The van der Waals surface area contributed by atoms with Crippen LogP contribution in [-0.2, 0) is 14.3 Å². The number of fused-ring (bicyclic) bond motifs is 1. The third-order valence-corrected chi connectivity index (χ3v) is 12.0. The molecular formula is C29H41NO4Si. The third-order valence-electron chi connectivity index (χ3n) is 8.65. The van der Waals surface area contributed by atoms with Gasteiger partial charge in [-0.05, 0) is 30.4 Å². The number of amides is 2. The fourth-order valence-electron chi connectivity index (χ4n) is 7.14. The Bertz CT molecular complexity index is 1010. The van der Waals surface area contributed by atoms with Crippen LogP contribution in [0.4, 0.5) is 4.79 Å². The van der Waals surface area contributed by atoms with E-state index in [1.54, 1.807) is 0 Å². The molecule has 0 bridgehead atoms. The predicted octanol–water partition coefficient (Wildman–Crippen LogP) is 7.07. The maximum absolute atomic E-state index is 14.3. The van der Waals surface area contributed by atoms with Crippen molar-refractivity contribution in [2.24, 2.45) is 11.3 Å². The van der Waals surface area contributed by atoms with Gasteiger partial charge in [-0.25, -0.2) is 9.69 Å². The fourth-order valence-corrected chi connectivity index (χ4v) is 10.9. The van der Waals surface area contributed by atoms with Crippen LogP contribution in [-0.4, -0.2) is 37.4 Å². The van der Waals surface area contributed by atoms with E-state index >= 15 is 0 Å². The molecule has 4 atom stereocenters. The van der Waals surface area contributed by atoms with Crippen LogP contribution < -0.4 is 0 Å². The molecule has 0 spiro atoms. The second kappa shape index (κ2) is 9.68. The molecule has 6 heteroatoms. The van der Waals surface area contributed by atoms with E-state index in [0.29, 0.717) is 0 Å². The SMILES string of the molecule is CCCCCC[C@]12C=C(CCCC)C(=O)[C@@]1([Si](C)(C)C)[C@@H]2C(=O)N1C(=O)OC[C@@H]1c1ccccc1. The van der Waals surface area contributed by atoms with E-state index in [-0.39, 0.29) is 18.3 Å². The second-order valence-corrected chi connectivity index (χ2v) is 16.9. The first-order valence-electron chi connectivity index (χ1n) is 13.5. The van der Waals surface area contributed by atoms with Crippen LogP contribution in [0.2, 0.25) is 24.7 Å². The van der Waals surface area contributed by atoms with Crippen LogP contribution >= 0.6 is 0 Å². The molecule has 2 amide bonds. The van der Waals surface area contributed by atoms with Gasteiger partial charge >= 0.3 is 6.09 Å². The zero-order valence-electron chi connectivity index (χ0n) is 22.1. The molecule has 5 nitrogen and oxygen atoms in total. The summed E-state index contributed by atoms with van der Waals surface area (Å²) in [6.45, 7) is 11.2. The average Bonchev–Trinajstić information content (AvgIpc) is 3.10. The fraction of sp³-hybridized carbons (Fsp3) is 0.621. The van der Waals surface area contributed by atoms with Gasteiger partial charge in [0.05, 0.1) is 14.0 Å². The number of rotatable bonds is 11. The lowest BCUT2D eigenvalue weighted by molar-refractivity contribution is -0.132. The highest BCUT2D eigenvalue weighted by Crippen LogP contribution is 2.86. The Kier molecular flexibility index (Phi) is 7.15. The molecule has 1 aromatic rings. The monoisotopic (exact) mass is 495 g/mol. The lowest BCUT2D eigenvalue weighted by Gasteiger charge is -2.30. The van der Waals surface area contributed by atoms with Crippen LogP contribution in [0.15, 0.2) is 42.0 Å². The van der Waals surface area contributed by atoms with Crippen molar-refractivity contribution in [3.8, 4) is 0 Å². The first-order chi connectivity index (χ1) is 16.7. The van der Waals surface area contributed by atoms with Crippen LogP contribution in [0.1, 0.15) is 76.8 Å². The number of carbonyl (C=O) groups excluding carboxylic acids is 3. The van der Waals surface area contributed by atoms with Crippen LogP contribution in [0, 0.1) is 11.3 Å². The van der Waals surface area contributed by atoms with Gasteiger partial charge in [-0.15, -0.1) is 0 Å². The topological polar surface area (TPSA) is 63.7 Å².